The standard InChI is InChI=1S/C11H15FN4O2/c1-7-6-16(4-5-18-7)11(17)8-2-3-14-10(15-13)9(8)12/h2-3,7H,4-6,13H2,1H3,(H,14,15). The average molecular weight is 254 g/mol. The van der Waals surface area contributed by atoms with Crippen molar-refractivity contribution in [1.82, 2.24) is 9.88 Å². The van der Waals surface area contributed by atoms with Gasteiger partial charge in [0.15, 0.2) is 11.6 Å². The number of rotatable bonds is 2. The van der Waals surface area contributed by atoms with Crippen LogP contribution in [0.3, 0.4) is 0 Å². The van der Waals surface area contributed by atoms with Crippen LogP contribution in [0.1, 0.15) is 17.3 Å². The third-order valence-electron chi connectivity index (χ3n) is 2.78. The summed E-state index contributed by atoms with van der Waals surface area (Å²) in [6.07, 6.45) is 1.30. The Balaban J connectivity index is 2.23. The van der Waals surface area contributed by atoms with Gasteiger partial charge in [-0.25, -0.2) is 15.2 Å². The lowest BCUT2D eigenvalue weighted by Gasteiger charge is -2.31. The van der Waals surface area contributed by atoms with E-state index in [1.54, 1.807) is 4.90 Å². The molecule has 7 heteroatoms. The number of anilines is 1. The summed E-state index contributed by atoms with van der Waals surface area (Å²) in [5, 5.41) is 0. The lowest BCUT2D eigenvalue weighted by atomic mass is 10.2. The molecule has 1 saturated heterocycles. The molecule has 1 aromatic heterocycles. The molecule has 0 radical (unpaired) electrons. The lowest BCUT2D eigenvalue weighted by Crippen LogP contribution is -2.44. The van der Waals surface area contributed by atoms with Gasteiger partial charge in [0.25, 0.3) is 5.91 Å². The molecule has 6 nitrogen and oxygen atoms in total. The summed E-state index contributed by atoms with van der Waals surface area (Å²) in [6, 6.07) is 1.35. The zero-order valence-corrected chi connectivity index (χ0v) is 10.0. The molecule has 0 bridgehead atoms. The number of halogens is 1. The molecule has 0 aromatic carbocycles. The Morgan fingerprint density at radius 1 is 1.72 bits per heavy atom. The van der Waals surface area contributed by atoms with Gasteiger partial charge in [-0.3, -0.25) is 4.79 Å². The predicted octanol–water partition coefficient (Wildman–Crippen LogP) is 0.367. The number of hydrazine groups is 1. The van der Waals surface area contributed by atoms with Crippen molar-refractivity contribution in [3.8, 4) is 0 Å². The number of morpholine rings is 1. The molecule has 1 unspecified atom stereocenters. The number of nitrogen functional groups attached to an aromatic ring is 1. The van der Waals surface area contributed by atoms with Crippen molar-refractivity contribution in [1.29, 1.82) is 0 Å². The van der Waals surface area contributed by atoms with E-state index in [2.05, 4.69) is 10.4 Å². The molecule has 0 spiro atoms. The van der Waals surface area contributed by atoms with Gasteiger partial charge in [0.05, 0.1) is 18.3 Å². The maximum atomic E-state index is 13.9. The van der Waals surface area contributed by atoms with Crippen molar-refractivity contribution >= 4 is 11.7 Å². The topological polar surface area (TPSA) is 80.5 Å². The normalized spacial score (nSPS) is 19.7. The van der Waals surface area contributed by atoms with Gasteiger partial charge >= 0.3 is 0 Å². The Kier molecular flexibility index (Phi) is 3.73. The highest BCUT2D eigenvalue weighted by Gasteiger charge is 2.25. The number of carbonyl (C=O) groups excluding carboxylic acids is 1. The summed E-state index contributed by atoms with van der Waals surface area (Å²) in [5.74, 6) is 3.88. The summed E-state index contributed by atoms with van der Waals surface area (Å²) in [6.45, 7) is 3.24. The van der Waals surface area contributed by atoms with Crippen LogP contribution in [0.15, 0.2) is 12.3 Å². The predicted molar refractivity (Wildman–Crippen MR) is 63.3 cm³/mol. The van der Waals surface area contributed by atoms with Gasteiger partial charge in [-0.15, -0.1) is 0 Å². The maximum absolute atomic E-state index is 13.9. The largest absolute Gasteiger partial charge is 0.375 e. The molecular formula is C11H15FN4O2. The summed E-state index contributed by atoms with van der Waals surface area (Å²) >= 11 is 0. The highest BCUT2D eigenvalue weighted by Crippen LogP contribution is 2.17. The first-order valence-corrected chi connectivity index (χ1v) is 5.65. The van der Waals surface area contributed by atoms with Crippen LogP contribution in [-0.2, 0) is 4.74 Å². The van der Waals surface area contributed by atoms with E-state index in [1.807, 2.05) is 6.92 Å². The number of amides is 1. The summed E-state index contributed by atoms with van der Waals surface area (Å²) in [5.41, 5.74) is 2.09. The highest BCUT2D eigenvalue weighted by molar-refractivity contribution is 5.95. The van der Waals surface area contributed by atoms with Crippen molar-refractivity contribution in [3.05, 3.63) is 23.6 Å². The van der Waals surface area contributed by atoms with E-state index in [4.69, 9.17) is 10.6 Å². The van der Waals surface area contributed by atoms with Crippen LogP contribution >= 0.6 is 0 Å². The quantitative estimate of drug-likeness (QED) is 0.588. The second-order valence-corrected chi connectivity index (χ2v) is 4.10. The first-order valence-electron chi connectivity index (χ1n) is 5.65. The highest BCUT2D eigenvalue weighted by atomic mass is 19.1. The van der Waals surface area contributed by atoms with E-state index in [0.29, 0.717) is 19.7 Å². The first kappa shape index (κ1) is 12.7. The fourth-order valence-corrected chi connectivity index (χ4v) is 1.88. The summed E-state index contributed by atoms with van der Waals surface area (Å²) in [7, 11) is 0. The van der Waals surface area contributed by atoms with Crippen molar-refractivity contribution in [2.75, 3.05) is 25.1 Å². The minimum atomic E-state index is -0.732. The Morgan fingerprint density at radius 3 is 3.17 bits per heavy atom. The molecule has 2 heterocycles. The lowest BCUT2D eigenvalue weighted by molar-refractivity contribution is -0.0125. The van der Waals surface area contributed by atoms with E-state index >= 15 is 0 Å². The minimum absolute atomic E-state index is 0.0351. The van der Waals surface area contributed by atoms with Crippen LogP contribution < -0.4 is 11.3 Å². The molecule has 1 aromatic rings. The average Bonchev–Trinajstić information content (AvgIpc) is 2.38. The molecule has 2 rings (SSSR count). The number of carbonyl (C=O) groups is 1. The van der Waals surface area contributed by atoms with Crippen molar-refractivity contribution in [2.24, 2.45) is 5.84 Å². The van der Waals surface area contributed by atoms with Gasteiger partial charge in [-0.1, -0.05) is 0 Å². The molecule has 0 saturated carbocycles. The minimum Gasteiger partial charge on any atom is -0.375 e. The number of pyridine rings is 1. The van der Waals surface area contributed by atoms with Crippen LogP contribution in [0, 0.1) is 5.82 Å². The molecule has 18 heavy (non-hydrogen) atoms. The molecule has 1 amide bonds. The second kappa shape index (κ2) is 5.28. The van der Waals surface area contributed by atoms with Gasteiger partial charge in [-0.05, 0) is 13.0 Å². The molecule has 1 aliphatic rings. The molecular weight excluding hydrogens is 239 g/mol. The third-order valence-corrected chi connectivity index (χ3v) is 2.78. The van der Waals surface area contributed by atoms with Crippen LogP contribution in [0.4, 0.5) is 10.2 Å². The number of nitrogens with one attached hydrogen (secondary N) is 1. The maximum Gasteiger partial charge on any atom is 0.257 e. The first-order chi connectivity index (χ1) is 8.63. The zero-order chi connectivity index (χ0) is 13.1. The fraction of sp³-hybridized carbons (Fsp3) is 0.455. The molecule has 1 aliphatic heterocycles. The molecule has 0 aliphatic carbocycles. The van der Waals surface area contributed by atoms with E-state index in [9.17, 15) is 9.18 Å². The number of hydrogen-bond donors (Lipinski definition) is 2. The number of nitrogens with zero attached hydrogens (tertiary/aromatic N) is 2. The van der Waals surface area contributed by atoms with Gasteiger partial charge < -0.3 is 15.1 Å². The molecule has 98 valence electrons. The van der Waals surface area contributed by atoms with E-state index in [-0.39, 0.29) is 23.4 Å². The monoisotopic (exact) mass is 254 g/mol. The van der Waals surface area contributed by atoms with E-state index in [0.717, 1.165) is 0 Å². The van der Waals surface area contributed by atoms with Crippen molar-refractivity contribution in [2.45, 2.75) is 13.0 Å². The summed E-state index contributed by atoms with van der Waals surface area (Å²) in [4.78, 5) is 17.4. The summed E-state index contributed by atoms with van der Waals surface area (Å²) < 4.78 is 19.2. The van der Waals surface area contributed by atoms with Crippen LogP contribution in [0.2, 0.25) is 0 Å². The molecule has 1 fully saturated rings. The zero-order valence-electron chi connectivity index (χ0n) is 10.0. The van der Waals surface area contributed by atoms with Crippen LogP contribution in [0.5, 0.6) is 0 Å². The van der Waals surface area contributed by atoms with Gasteiger partial charge in [0, 0.05) is 19.3 Å². The SMILES string of the molecule is CC1CN(C(=O)c2ccnc(NN)c2F)CCO1. The van der Waals surface area contributed by atoms with E-state index < -0.39 is 5.82 Å². The smallest absolute Gasteiger partial charge is 0.257 e. The second-order valence-electron chi connectivity index (χ2n) is 4.10. The Bertz CT molecular complexity index is 455. The Morgan fingerprint density at radius 2 is 2.50 bits per heavy atom. The van der Waals surface area contributed by atoms with Crippen molar-refractivity contribution < 1.29 is 13.9 Å². The van der Waals surface area contributed by atoms with E-state index in [1.165, 1.54) is 12.3 Å². The number of nitrogens with two attached hydrogens (primary N) is 1. The van der Waals surface area contributed by atoms with Crippen LogP contribution in [0.25, 0.3) is 0 Å². The van der Waals surface area contributed by atoms with Crippen molar-refractivity contribution in [3.63, 3.8) is 0 Å². The van der Waals surface area contributed by atoms with Gasteiger partial charge in [0.1, 0.15) is 0 Å². The number of ether oxygens (including phenoxy) is 1. The van der Waals surface area contributed by atoms with Gasteiger partial charge in [0.2, 0.25) is 0 Å². The molecule has 3 N–H and O–H groups in total. The number of aromatic nitrogens is 1. The fourth-order valence-electron chi connectivity index (χ4n) is 1.88. The Labute approximate surface area is 104 Å². The van der Waals surface area contributed by atoms with Crippen LogP contribution in [-0.4, -0.2) is 41.6 Å². The molecule has 1 atom stereocenters. The Hall–Kier alpha value is -1.73. The van der Waals surface area contributed by atoms with Gasteiger partial charge in [-0.2, -0.15) is 0 Å². The number of hydrogen-bond acceptors (Lipinski definition) is 5. The third kappa shape index (κ3) is 2.41.